The number of nitrogens with zero attached hydrogens (tertiary/aromatic N) is 2. The molecule has 1 N–H and O–H groups in total. The van der Waals surface area contributed by atoms with Crippen LogP contribution in [-0.4, -0.2) is 15.7 Å². The zero-order valence-electron chi connectivity index (χ0n) is 8.91. The van der Waals surface area contributed by atoms with Crippen molar-refractivity contribution in [1.29, 1.82) is 0 Å². The summed E-state index contributed by atoms with van der Waals surface area (Å²) in [6.45, 7) is 3.68. The summed E-state index contributed by atoms with van der Waals surface area (Å²) in [7, 11) is 0. The van der Waals surface area contributed by atoms with Gasteiger partial charge >= 0.3 is 0 Å². The molecule has 1 aliphatic heterocycles. The minimum atomic E-state index is -0.664. The number of nitrogens with one attached hydrogen (secondary N) is 1. The van der Waals surface area contributed by atoms with Crippen molar-refractivity contribution in [1.82, 2.24) is 9.78 Å². The van der Waals surface area contributed by atoms with Gasteiger partial charge in [-0.25, -0.2) is 4.68 Å². The van der Waals surface area contributed by atoms with E-state index in [2.05, 4.69) is 10.4 Å². The van der Waals surface area contributed by atoms with Gasteiger partial charge in [-0.05, 0) is 26.0 Å². The Hall–Kier alpha value is -1.55. The first-order valence-corrected chi connectivity index (χ1v) is 5.37. The normalized spacial score (nSPS) is 17.6. The van der Waals surface area contributed by atoms with E-state index in [9.17, 15) is 4.79 Å². The molecule has 82 valence electrons. The van der Waals surface area contributed by atoms with Crippen LogP contribution < -0.4 is 5.32 Å². The van der Waals surface area contributed by atoms with Gasteiger partial charge in [-0.1, -0.05) is 11.6 Å². The number of anilines is 1. The van der Waals surface area contributed by atoms with Crippen LogP contribution >= 0.6 is 11.6 Å². The van der Waals surface area contributed by atoms with Crippen molar-refractivity contribution < 1.29 is 4.79 Å². The molecule has 1 aromatic carbocycles. The van der Waals surface area contributed by atoms with E-state index in [-0.39, 0.29) is 5.91 Å². The summed E-state index contributed by atoms with van der Waals surface area (Å²) in [6.07, 6.45) is 1.73. The molecule has 0 fully saturated rings. The minimum Gasteiger partial charge on any atom is -0.322 e. The van der Waals surface area contributed by atoms with Crippen LogP contribution in [0.1, 0.15) is 13.8 Å². The number of benzene rings is 1. The van der Waals surface area contributed by atoms with Crippen molar-refractivity contribution in [3.8, 4) is 0 Å². The second-order valence-corrected chi connectivity index (χ2v) is 4.90. The molecule has 0 radical (unpaired) electrons. The zero-order valence-corrected chi connectivity index (χ0v) is 9.67. The lowest BCUT2D eigenvalue weighted by Crippen LogP contribution is -2.43. The molecular weight excluding hydrogens is 226 g/mol. The Bertz CT molecular complexity index is 615. The molecular formula is C11H10ClN3O. The van der Waals surface area contributed by atoms with Gasteiger partial charge in [0.1, 0.15) is 5.54 Å². The van der Waals surface area contributed by atoms with E-state index in [0.717, 1.165) is 16.6 Å². The molecule has 4 nitrogen and oxygen atoms in total. The molecule has 0 bridgehead atoms. The Morgan fingerprint density at radius 2 is 2.19 bits per heavy atom. The van der Waals surface area contributed by atoms with Crippen molar-refractivity contribution >= 4 is 34.1 Å². The van der Waals surface area contributed by atoms with Gasteiger partial charge in [0.25, 0.3) is 5.91 Å². The fourth-order valence-corrected chi connectivity index (χ4v) is 2.25. The van der Waals surface area contributed by atoms with Crippen molar-refractivity contribution in [3.05, 3.63) is 23.4 Å². The minimum absolute atomic E-state index is 0.0766. The average molecular weight is 236 g/mol. The lowest BCUT2D eigenvalue weighted by atomic mass is 10.0. The van der Waals surface area contributed by atoms with Crippen molar-refractivity contribution in [2.45, 2.75) is 19.4 Å². The average Bonchev–Trinajstić information content (AvgIpc) is 2.59. The van der Waals surface area contributed by atoms with Gasteiger partial charge < -0.3 is 5.32 Å². The summed E-state index contributed by atoms with van der Waals surface area (Å²) >= 11 is 5.97. The lowest BCUT2D eigenvalue weighted by molar-refractivity contribution is -0.123. The fourth-order valence-electron chi connectivity index (χ4n) is 2.02. The van der Waals surface area contributed by atoms with Crippen molar-refractivity contribution in [3.63, 3.8) is 0 Å². The Balaban J connectivity index is 2.45. The predicted octanol–water partition coefficient (Wildman–Crippen LogP) is 2.38. The molecule has 1 amide bonds. The van der Waals surface area contributed by atoms with Crippen molar-refractivity contribution in [2.24, 2.45) is 0 Å². The predicted molar refractivity (Wildman–Crippen MR) is 62.7 cm³/mol. The van der Waals surface area contributed by atoms with E-state index in [0.29, 0.717) is 5.02 Å². The highest BCUT2D eigenvalue weighted by molar-refractivity contribution is 6.32. The molecule has 2 heterocycles. The first kappa shape index (κ1) is 9.66. The third-order valence-corrected chi connectivity index (χ3v) is 3.18. The molecule has 0 spiro atoms. The number of amides is 1. The van der Waals surface area contributed by atoms with Crippen LogP contribution in [-0.2, 0) is 10.3 Å². The molecule has 0 saturated heterocycles. The monoisotopic (exact) mass is 235 g/mol. The van der Waals surface area contributed by atoms with Crippen LogP contribution in [0.3, 0.4) is 0 Å². The van der Waals surface area contributed by atoms with E-state index in [1.165, 1.54) is 0 Å². The van der Waals surface area contributed by atoms with Crippen LogP contribution in [0.2, 0.25) is 5.02 Å². The van der Waals surface area contributed by atoms with Gasteiger partial charge in [0.05, 0.1) is 17.4 Å². The first-order chi connectivity index (χ1) is 7.50. The van der Waals surface area contributed by atoms with Crippen LogP contribution in [0.15, 0.2) is 18.3 Å². The smallest absolute Gasteiger partial charge is 0.251 e. The van der Waals surface area contributed by atoms with E-state index >= 15 is 0 Å². The van der Waals surface area contributed by atoms with Gasteiger partial charge in [-0.15, -0.1) is 0 Å². The van der Waals surface area contributed by atoms with Crippen molar-refractivity contribution in [2.75, 3.05) is 5.32 Å². The number of rotatable bonds is 0. The number of aromatic nitrogens is 2. The highest BCUT2D eigenvalue weighted by Crippen LogP contribution is 2.35. The topological polar surface area (TPSA) is 46.9 Å². The number of carbonyl (C=O) groups is 1. The van der Waals surface area contributed by atoms with E-state index in [1.54, 1.807) is 16.9 Å². The van der Waals surface area contributed by atoms with E-state index in [4.69, 9.17) is 11.6 Å². The highest BCUT2D eigenvalue weighted by Gasteiger charge is 2.36. The van der Waals surface area contributed by atoms with Crippen LogP contribution in [0.25, 0.3) is 10.9 Å². The first-order valence-electron chi connectivity index (χ1n) is 4.99. The van der Waals surface area contributed by atoms with Crippen LogP contribution in [0.4, 0.5) is 5.69 Å². The summed E-state index contributed by atoms with van der Waals surface area (Å²) < 4.78 is 1.74. The molecule has 2 aromatic rings. The molecule has 1 aromatic heterocycles. The van der Waals surface area contributed by atoms with Crippen LogP contribution in [0, 0.1) is 0 Å². The maximum Gasteiger partial charge on any atom is 0.251 e. The van der Waals surface area contributed by atoms with Gasteiger partial charge in [-0.2, -0.15) is 5.10 Å². The summed E-state index contributed by atoms with van der Waals surface area (Å²) in [6, 6.07) is 3.59. The number of hydrogen-bond acceptors (Lipinski definition) is 2. The van der Waals surface area contributed by atoms with Gasteiger partial charge in [-0.3, -0.25) is 4.79 Å². The molecule has 0 atom stereocenters. The second-order valence-electron chi connectivity index (χ2n) is 4.46. The van der Waals surface area contributed by atoms with E-state index in [1.807, 2.05) is 19.9 Å². The quantitative estimate of drug-likeness (QED) is 0.762. The molecule has 3 rings (SSSR count). The number of halogens is 1. The maximum absolute atomic E-state index is 11.9. The summed E-state index contributed by atoms with van der Waals surface area (Å²) in [4.78, 5) is 11.9. The van der Waals surface area contributed by atoms with Gasteiger partial charge in [0.2, 0.25) is 0 Å². The lowest BCUT2D eigenvalue weighted by Gasteiger charge is -2.30. The summed E-state index contributed by atoms with van der Waals surface area (Å²) in [5.41, 5.74) is 0.987. The van der Waals surface area contributed by atoms with Gasteiger partial charge in [0, 0.05) is 10.4 Å². The molecule has 5 heteroatoms. The molecule has 1 aliphatic rings. The maximum atomic E-state index is 11.9. The fraction of sp³-hybridized carbons (Fsp3) is 0.273. The Morgan fingerprint density at radius 1 is 1.44 bits per heavy atom. The third-order valence-electron chi connectivity index (χ3n) is 2.96. The molecule has 0 aliphatic carbocycles. The summed E-state index contributed by atoms with van der Waals surface area (Å²) in [5.74, 6) is -0.0766. The Kier molecular flexibility index (Phi) is 1.67. The molecule has 16 heavy (non-hydrogen) atoms. The third kappa shape index (κ3) is 1.05. The summed E-state index contributed by atoms with van der Waals surface area (Å²) in [5, 5.41) is 8.66. The Morgan fingerprint density at radius 3 is 2.94 bits per heavy atom. The molecule has 0 unspecified atom stereocenters. The molecule has 0 saturated carbocycles. The van der Waals surface area contributed by atoms with E-state index < -0.39 is 5.54 Å². The highest BCUT2D eigenvalue weighted by atomic mass is 35.5. The SMILES string of the molecule is CC1(C)C(=O)Nc2cc(Cl)cc3cnn1c23. The Labute approximate surface area is 97.2 Å². The standard InChI is InChI=1S/C11H10ClN3O/c1-11(2)10(16)14-8-4-7(12)3-6-5-13-15(11)9(6)8/h3-5H,1-2H3,(H,14,16). The zero-order chi connectivity index (χ0) is 11.5. The number of hydrogen-bond donors (Lipinski definition) is 1. The van der Waals surface area contributed by atoms with Gasteiger partial charge in [0.15, 0.2) is 0 Å². The second kappa shape index (κ2) is 2.77. The largest absolute Gasteiger partial charge is 0.322 e. The number of carbonyl (C=O) groups excluding carboxylic acids is 1. The van der Waals surface area contributed by atoms with Crippen LogP contribution in [0.5, 0.6) is 0 Å².